The highest BCUT2D eigenvalue weighted by Gasteiger charge is 2.37. The first-order valence-electron chi connectivity index (χ1n) is 6.31. The summed E-state index contributed by atoms with van der Waals surface area (Å²) in [5.41, 5.74) is -0.284. The van der Waals surface area contributed by atoms with E-state index in [1.165, 1.54) is 6.07 Å². The molecule has 1 aliphatic rings. The second-order valence-corrected chi connectivity index (χ2v) is 4.71. The van der Waals surface area contributed by atoms with Crippen molar-refractivity contribution in [2.24, 2.45) is 0 Å². The number of Topliss-reactive ketones (excluding diaryl/α,β-unsaturated/α-hetero) is 1. The largest absolute Gasteiger partial charge is 0.618 e. The molecular formula is C15H7F4NO3. The van der Waals surface area contributed by atoms with Gasteiger partial charge in [0.05, 0.1) is 5.56 Å². The molecule has 1 heterocycles. The number of hydrogen-bond acceptors (Lipinski definition) is 3. The van der Waals surface area contributed by atoms with Gasteiger partial charge < -0.3 is 9.94 Å². The second-order valence-electron chi connectivity index (χ2n) is 4.71. The van der Waals surface area contributed by atoms with Gasteiger partial charge >= 0.3 is 6.36 Å². The second kappa shape index (κ2) is 5.08. The van der Waals surface area contributed by atoms with Crippen LogP contribution >= 0.6 is 0 Å². The van der Waals surface area contributed by atoms with Crippen molar-refractivity contribution in [3.63, 3.8) is 0 Å². The third-order valence-corrected chi connectivity index (χ3v) is 3.20. The lowest BCUT2D eigenvalue weighted by Crippen LogP contribution is -2.18. The molecule has 0 saturated heterocycles. The van der Waals surface area contributed by atoms with Crippen molar-refractivity contribution in [2.45, 2.75) is 6.36 Å². The van der Waals surface area contributed by atoms with Crippen LogP contribution < -0.4 is 4.74 Å². The van der Waals surface area contributed by atoms with Crippen molar-refractivity contribution in [3.05, 3.63) is 64.6 Å². The van der Waals surface area contributed by atoms with Crippen LogP contribution in [-0.4, -0.2) is 22.6 Å². The maximum atomic E-state index is 13.2. The molecule has 0 bridgehead atoms. The standard InChI is InChI=1S/C15H7F4NO3/c16-9-3-6-12-11(7-9)14(21)13(20(12)22)8-1-4-10(5-2-8)23-15(17,18)19/h1-7H. The number of rotatable bonds is 2. The fourth-order valence-electron chi connectivity index (χ4n) is 2.27. The number of carbonyl (C=O) groups is 1. The topological polar surface area (TPSA) is 52.4 Å². The van der Waals surface area contributed by atoms with E-state index in [1.54, 1.807) is 0 Å². The molecule has 1 aliphatic heterocycles. The van der Waals surface area contributed by atoms with Gasteiger partial charge in [-0.25, -0.2) is 4.39 Å². The van der Waals surface area contributed by atoms with Gasteiger partial charge in [-0.05, 0) is 36.4 Å². The van der Waals surface area contributed by atoms with E-state index >= 15 is 0 Å². The minimum Gasteiger partial charge on any atom is -0.618 e. The quantitative estimate of drug-likeness (QED) is 0.482. The summed E-state index contributed by atoms with van der Waals surface area (Å²) in [7, 11) is 0. The van der Waals surface area contributed by atoms with Gasteiger partial charge in [-0.1, -0.05) is 0 Å². The van der Waals surface area contributed by atoms with Crippen LogP contribution in [0.4, 0.5) is 23.2 Å². The molecule has 0 amide bonds. The summed E-state index contributed by atoms with van der Waals surface area (Å²) in [5, 5.41) is 12.2. The number of ketones is 1. The summed E-state index contributed by atoms with van der Waals surface area (Å²) in [6.45, 7) is 0. The van der Waals surface area contributed by atoms with E-state index in [2.05, 4.69) is 4.74 Å². The number of hydrogen-bond donors (Lipinski definition) is 0. The highest BCUT2D eigenvalue weighted by atomic mass is 19.4. The Morgan fingerprint density at radius 2 is 1.70 bits per heavy atom. The van der Waals surface area contributed by atoms with Crippen LogP contribution in [0.3, 0.4) is 0 Å². The van der Waals surface area contributed by atoms with Crippen molar-refractivity contribution in [3.8, 4) is 5.75 Å². The first-order valence-corrected chi connectivity index (χ1v) is 6.31. The van der Waals surface area contributed by atoms with Gasteiger partial charge in [-0.2, -0.15) is 4.74 Å². The van der Waals surface area contributed by atoms with E-state index in [4.69, 9.17) is 0 Å². The van der Waals surface area contributed by atoms with Crippen molar-refractivity contribution >= 4 is 17.2 Å². The van der Waals surface area contributed by atoms with Crippen LogP contribution in [0.1, 0.15) is 15.9 Å². The van der Waals surface area contributed by atoms with E-state index in [-0.39, 0.29) is 22.5 Å². The summed E-state index contributed by atoms with van der Waals surface area (Å²) in [6.07, 6.45) is -4.84. The minimum atomic E-state index is -4.84. The van der Waals surface area contributed by atoms with Crippen molar-refractivity contribution in [1.29, 1.82) is 0 Å². The zero-order valence-corrected chi connectivity index (χ0v) is 11.2. The van der Waals surface area contributed by atoms with Crippen LogP contribution in [0.2, 0.25) is 0 Å². The SMILES string of the molecule is O=C1C(c2ccc(OC(F)(F)F)cc2)=[N+]([O-])c2ccc(F)cc21. The van der Waals surface area contributed by atoms with Gasteiger partial charge in [0.25, 0.3) is 11.5 Å². The van der Waals surface area contributed by atoms with E-state index in [0.29, 0.717) is 4.74 Å². The molecule has 8 heteroatoms. The van der Waals surface area contributed by atoms with Gasteiger partial charge in [-0.15, -0.1) is 13.2 Å². The van der Waals surface area contributed by atoms with E-state index in [9.17, 15) is 27.6 Å². The zero-order valence-electron chi connectivity index (χ0n) is 11.2. The van der Waals surface area contributed by atoms with Crippen LogP contribution in [0.15, 0.2) is 42.5 Å². The molecule has 0 radical (unpaired) electrons. The molecule has 118 valence electrons. The predicted octanol–water partition coefficient (Wildman–Crippen LogP) is 3.55. The molecule has 0 N–H and O–H groups in total. The van der Waals surface area contributed by atoms with E-state index in [0.717, 1.165) is 36.4 Å². The molecule has 0 spiro atoms. The molecule has 0 atom stereocenters. The molecule has 3 rings (SSSR count). The molecule has 0 fully saturated rings. The fourth-order valence-corrected chi connectivity index (χ4v) is 2.27. The number of fused-ring (bicyclic) bond motifs is 1. The first kappa shape index (κ1) is 15.0. The van der Waals surface area contributed by atoms with E-state index < -0.39 is 23.7 Å². The lowest BCUT2D eigenvalue weighted by atomic mass is 10.0. The summed E-state index contributed by atoms with van der Waals surface area (Å²) in [5.74, 6) is -1.84. The zero-order chi connectivity index (χ0) is 16.8. The maximum absolute atomic E-state index is 13.2. The molecule has 0 saturated carbocycles. The highest BCUT2D eigenvalue weighted by molar-refractivity contribution is 6.52. The van der Waals surface area contributed by atoms with Gasteiger partial charge in [0.1, 0.15) is 17.1 Å². The van der Waals surface area contributed by atoms with Crippen molar-refractivity contribution < 1.29 is 31.8 Å². The Labute approximate surface area is 126 Å². The minimum absolute atomic E-state index is 0.0120. The lowest BCUT2D eigenvalue weighted by Gasteiger charge is -2.08. The molecule has 0 unspecified atom stereocenters. The predicted molar refractivity (Wildman–Crippen MR) is 71.3 cm³/mol. The highest BCUT2D eigenvalue weighted by Crippen LogP contribution is 2.29. The number of carbonyl (C=O) groups excluding carboxylic acids is 1. The van der Waals surface area contributed by atoms with Gasteiger partial charge in [-0.3, -0.25) is 4.79 Å². The van der Waals surface area contributed by atoms with Crippen LogP contribution in [-0.2, 0) is 0 Å². The Balaban J connectivity index is 1.97. The summed E-state index contributed by atoms with van der Waals surface area (Å²) < 4.78 is 53.6. The lowest BCUT2D eigenvalue weighted by molar-refractivity contribution is -0.355. The molecule has 0 aromatic heterocycles. The molecule has 2 aromatic carbocycles. The van der Waals surface area contributed by atoms with Gasteiger partial charge in [0.2, 0.25) is 5.69 Å². The van der Waals surface area contributed by atoms with Gasteiger partial charge in [0.15, 0.2) is 0 Å². The average molecular weight is 325 g/mol. The summed E-state index contributed by atoms with van der Waals surface area (Å²) in [4.78, 5) is 12.2. The average Bonchev–Trinajstić information content (AvgIpc) is 2.70. The molecule has 2 aromatic rings. The Kier molecular flexibility index (Phi) is 3.32. The smallest absolute Gasteiger partial charge is 0.573 e. The van der Waals surface area contributed by atoms with Gasteiger partial charge in [0, 0.05) is 6.07 Å². The third-order valence-electron chi connectivity index (χ3n) is 3.20. The summed E-state index contributed by atoms with van der Waals surface area (Å²) in [6, 6.07) is 7.44. The molecule has 23 heavy (non-hydrogen) atoms. The monoisotopic (exact) mass is 325 g/mol. The third kappa shape index (κ3) is 2.75. The Bertz CT molecular complexity index is 826. The van der Waals surface area contributed by atoms with Crippen molar-refractivity contribution in [2.75, 3.05) is 0 Å². The normalized spacial score (nSPS) is 14.2. The Hall–Kier alpha value is -2.90. The number of halogens is 4. The van der Waals surface area contributed by atoms with Crippen LogP contribution in [0.25, 0.3) is 0 Å². The molecule has 4 nitrogen and oxygen atoms in total. The number of ether oxygens (including phenoxy) is 1. The fraction of sp³-hybridized carbons (Fsp3) is 0.0667. The maximum Gasteiger partial charge on any atom is 0.573 e. The van der Waals surface area contributed by atoms with Crippen molar-refractivity contribution in [1.82, 2.24) is 0 Å². The number of alkyl halides is 3. The Morgan fingerprint density at radius 3 is 2.30 bits per heavy atom. The first-order chi connectivity index (χ1) is 10.8. The van der Waals surface area contributed by atoms with Crippen LogP contribution in [0, 0.1) is 11.0 Å². The number of benzene rings is 2. The molecular weight excluding hydrogens is 318 g/mol. The van der Waals surface area contributed by atoms with E-state index in [1.807, 2.05) is 0 Å². The molecule has 0 aliphatic carbocycles. The number of nitrogens with zero attached hydrogens (tertiary/aromatic N) is 1. The van der Waals surface area contributed by atoms with Crippen LogP contribution in [0.5, 0.6) is 5.75 Å². The summed E-state index contributed by atoms with van der Waals surface area (Å²) >= 11 is 0. The Morgan fingerprint density at radius 1 is 1.04 bits per heavy atom.